The van der Waals surface area contributed by atoms with Gasteiger partial charge in [0.25, 0.3) is 5.56 Å². The number of nitrogens with one attached hydrogen (secondary N) is 1. The Labute approximate surface area is 116 Å². The first-order valence-corrected chi connectivity index (χ1v) is 4.73. The van der Waals surface area contributed by atoms with Crippen molar-refractivity contribution in [2.45, 2.75) is 27.2 Å². The second-order valence-corrected chi connectivity index (χ2v) is 4.75. The van der Waals surface area contributed by atoms with Crippen LogP contribution in [-0.2, 0) is 6.42 Å². The number of rotatable bonds is 2. The van der Waals surface area contributed by atoms with Crippen molar-refractivity contribution in [3.63, 3.8) is 0 Å². The maximum Gasteiger partial charge on any atom is 1.00 e. The molecule has 0 saturated heterocycles. The van der Waals surface area contributed by atoms with E-state index in [9.17, 15) is 14.7 Å². The Bertz CT molecular complexity index is 432. The van der Waals surface area contributed by atoms with E-state index in [1.54, 1.807) is 6.07 Å². The number of carboxylic acids is 1. The molecule has 1 N–H and O–H groups in total. The van der Waals surface area contributed by atoms with E-state index >= 15 is 0 Å². The standard InChI is InChI=1S/C11H15NO3.Na/c1-11(2,3)6-7-4-5-8(10(14)15)9(13)12-7;/h4-5H,6H2,1-3H3,(H,12,13)(H,14,15);/q;+1/p-1. The zero-order chi connectivity index (χ0) is 11.6. The van der Waals surface area contributed by atoms with Crippen molar-refractivity contribution in [2.75, 3.05) is 0 Å². The molecule has 0 spiro atoms. The van der Waals surface area contributed by atoms with Crippen LogP contribution in [0.1, 0.15) is 36.8 Å². The first kappa shape index (κ1) is 15.4. The second-order valence-electron chi connectivity index (χ2n) is 4.75. The van der Waals surface area contributed by atoms with Gasteiger partial charge in [-0.3, -0.25) is 4.79 Å². The number of carbonyl (C=O) groups excluding carboxylic acids is 1. The van der Waals surface area contributed by atoms with Crippen molar-refractivity contribution in [3.05, 3.63) is 33.7 Å². The third-order valence-corrected chi connectivity index (χ3v) is 1.91. The average molecular weight is 231 g/mol. The summed E-state index contributed by atoms with van der Waals surface area (Å²) in [6, 6.07) is 2.90. The van der Waals surface area contributed by atoms with E-state index < -0.39 is 11.5 Å². The van der Waals surface area contributed by atoms with Gasteiger partial charge in [-0.1, -0.05) is 20.8 Å². The topological polar surface area (TPSA) is 73.0 Å². The molecule has 0 radical (unpaired) electrons. The summed E-state index contributed by atoms with van der Waals surface area (Å²) in [6.07, 6.45) is 0.690. The first-order valence-electron chi connectivity index (χ1n) is 4.73. The summed E-state index contributed by atoms with van der Waals surface area (Å²) in [4.78, 5) is 24.3. The Balaban J connectivity index is 0.00000225. The summed E-state index contributed by atoms with van der Waals surface area (Å²) in [5.41, 5.74) is -0.145. The third kappa shape index (κ3) is 4.51. The molecule has 0 bridgehead atoms. The van der Waals surface area contributed by atoms with Gasteiger partial charge in [0.1, 0.15) is 0 Å². The Morgan fingerprint density at radius 2 is 1.94 bits per heavy atom. The fraction of sp³-hybridized carbons (Fsp3) is 0.455. The van der Waals surface area contributed by atoms with Crippen LogP contribution in [0.3, 0.4) is 0 Å². The Morgan fingerprint density at radius 3 is 2.31 bits per heavy atom. The number of hydrogen-bond acceptors (Lipinski definition) is 3. The molecule has 0 saturated carbocycles. The number of hydrogen-bond donors (Lipinski definition) is 1. The molecule has 0 unspecified atom stereocenters. The van der Waals surface area contributed by atoms with Gasteiger partial charge in [-0.25, -0.2) is 0 Å². The molecule has 0 aromatic carbocycles. The number of H-pyrrole nitrogens is 1. The molecule has 4 nitrogen and oxygen atoms in total. The van der Waals surface area contributed by atoms with Crippen molar-refractivity contribution in [1.82, 2.24) is 4.98 Å². The van der Waals surface area contributed by atoms with E-state index in [0.717, 1.165) is 5.69 Å². The summed E-state index contributed by atoms with van der Waals surface area (Å²) in [5, 5.41) is 10.5. The van der Waals surface area contributed by atoms with Gasteiger partial charge in [0, 0.05) is 5.69 Å². The molecule has 0 amide bonds. The van der Waals surface area contributed by atoms with Gasteiger partial charge >= 0.3 is 29.6 Å². The Hall–Kier alpha value is -0.580. The number of aromatic nitrogens is 1. The third-order valence-electron chi connectivity index (χ3n) is 1.91. The van der Waals surface area contributed by atoms with Crippen LogP contribution in [0.4, 0.5) is 0 Å². The molecule has 0 aliphatic carbocycles. The van der Waals surface area contributed by atoms with Crippen LogP contribution in [0.25, 0.3) is 0 Å². The smallest absolute Gasteiger partial charge is 0.545 e. The van der Waals surface area contributed by atoms with Crippen LogP contribution in [0.2, 0.25) is 0 Å². The average Bonchev–Trinajstić information content (AvgIpc) is 1.99. The van der Waals surface area contributed by atoms with Gasteiger partial charge in [0.15, 0.2) is 0 Å². The van der Waals surface area contributed by atoms with Gasteiger partial charge in [0.05, 0.1) is 11.5 Å². The molecule has 1 rings (SSSR count). The largest absolute Gasteiger partial charge is 1.00 e. The van der Waals surface area contributed by atoms with Crippen molar-refractivity contribution in [3.8, 4) is 0 Å². The molecule has 82 valence electrons. The summed E-state index contributed by atoms with van der Waals surface area (Å²) >= 11 is 0. The molecule has 5 heteroatoms. The Morgan fingerprint density at radius 1 is 1.38 bits per heavy atom. The number of aromatic amines is 1. The van der Waals surface area contributed by atoms with Crippen molar-refractivity contribution in [2.24, 2.45) is 5.41 Å². The zero-order valence-corrected chi connectivity index (χ0v) is 12.1. The van der Waals surface area contributed by atoms with E-state index in [4.69, 9.17) is 0 Å². The van der Waals surface area contributed by atoms with Gasteiger partial charge in [-0.2, -0.15) is 0 Å². The predicted octanol–water partition coefficient (Wildman–Crippen LogP) is -2.67. The molecule has 0 fully saturated rings. The van der Waals surface area contributed by atoms with Crippen LogP contribution < -0.4 is 40.2 Å². The number of aromatic carboxylic acids is 1. The molecule has 1 aromatic rings. The first-order chi connectivity index (χ1) is 6.79. The fourth-order valence-corrected chi connectivity index (χ4v) is 1.35. The Kier molecular flexibility index (Phi) is 5.46. The number of carboxylic acid groups (broad SMARTS) is 1. The van der Waals surface area contributed by atoms with E-state index in [1.807, 2.05) is 20.8 Å². The van der Waals surface area contributed by atoms with Crippen LogP contribution >= 0.6 is 0 Å². The van der Waals surface area contributed by atoms with Crippen LogP contribution in [0.5, 0.6) is 0 Å². The monoisotopic (exact) mass is 231 g/mol. The summed E-state index contributed by atoms with van der Waals surface area (Å²) in [7, 11) is 0. The summed E-state index contributed by atoms with van der Waals surface area (Å²) < 4.78 is 0. The summed E-state index contributed by atoms with van der Waals surface area (Å²) in [6.45, 7) is 6.12. The molecule has 0 aliphatic rings. The van der Waals surface area contributed by atoms with E-state index in [-0.39, 0.29) is 40.5 Å². The minimum Gasteiger partial charge on any atom is -0.545 e. The fourth-order valence-electron chi connectivity index (χ4n) is 1.35. The van der Waals surface area contributed by atoms with Gasteiger partial charge in [-0.15, -0.1) is 0 Å². The molecular formula is C11H14NNaO3. The molecular weight excluding hydrogens is 217 g/mol. The number of pyridine rings is 1. The normalized spacial score (nSPS) is 10.7. The maximum atomic E-state index is 11.3. The second kappa shape index (κ2) is 5.66. The molecule has 1 heterocycles. The van der Waals surface area contributed by atoms with Crippen molar-refractivity contribution < 1.29 is 39.5 Å². The molecule has 1 aromatic heterocycles. The van der Waals surface area contributed by atoms with Crippen LogP contribution in [0.15, 0.2) is 16.9 Å². The van der Waals surface area contributed by atoms with Gasteiger partial charge in [-0.05, 0) is 24.0 Å². The quantitative estimate of drug-likeness (QED) is 0.564. The van der Waals surface area contributed by atoms with Crippen molar-refractivity contribution in [1.29, 1.82) is 0 Å². The van der Waals surface area contributed by atoms with E-state index in [2.05, 4.69) is 4.98 Å². The van der Waals surface area contributed by atoms with E-state index in [0.29, 0.717) is 6.42 Å². The predicted molar refractivity (Wildman–Crippen MR) is 54.6 cm³/mol. The van der Waals surface area contributed by atoms with E-state index in [1.165, 1.54) is 6.07 Å². The molecule has 16 heavy (non-hydrogen) atoms. The zero-order valence-electron chi connectivity index (χ0n) is 10.1. The van der Waals surface area contributed by atoms with Gasteiger partial charge in [0.2, 0.25) is 0 Å². The van der Waals surface area contributed by atoms with Crippen LogP contribution in [-0.4, -0.2) is 11.0 Å². The van der Waals surface area contributed by atoms with Crippen molar-refractivity contribution >= 4 is 5.97 Å². The minimum atomic E-state index is -1.45. The maximum absolute atomic E-state index is 11.3. The SMILES string of the molecule is CC(C)(C)Cc1ccc(C(=O)[O-])c(=O)[nH]1.[Na+]. The van der Waals surface area contributed by atoms with Crippen LogP contribution in [0, 0.1) is 5.41 Å². The van der Waals surface area contributed by atoms with Gasteiger partial charge < -0.3 is 14.9 Å². The number of carbonyl (C=O) groups is 1. The minimum absolute atomic E-state index is 0. The molecule has 0 atom stereocenters. The molecule has 0 aliphatic heterocycles. The summed E-state index contributed by atoms with van der Waals surface area (Å²) in [5.74, 6) is -1.45.